The van der Waals surface area contributed by atoms with E-state index in [0.717, 1.165) is 11.1 Å². The lowest BCUT2D eigenvalue weighted by Crippen LogP contribution is -2.36. The lowest BCUT2D eigenvalue weighted by Gasteiger charge is -2.27. The molecule has 62 heavy (non-hydrogen) atoms. The van der Waals surface area contributed by atoms with Gasteiger partial charge in [-0.25, -0.2) is 24.1 Å². The summed E-state index contributed by atoms with van der Waals surface area (Å²) in [7, 11) is -8.86. The molecule has 2 aromatic heterocycles. The average molecular weight is 886 g/mol. The quantitative estimate of drug-likeness (QED) is 0.0522. The number of rotatable bonds is 20. The largest absolute Gasteiger partial charge is 0.460 e. The minimum Gasteiger partial charge on any atom is -0.460 e. The first-order valence-electron chi connectivity index (χ1n) is 19.5. The van der Waals surface area contributed by atoms with Crippen LogP contribution in [-0.2, 0) is 55.2 Å². The fraction of sp³-hybridized carbons (Fsp3) is 0.262. The highest BCUT2D eigenvalue weighted by atomic mass is 31.2. The summed E-state index contributed by atoms with van der Waals surface area (Å²) in [4.78, 5) is 39.0. The number of nitrogens with zero attached hydrogens (tertiary/aromatic N) is 4. The molecular formula is C42H45N7O11P2. The third-order valence-electron chi connectivity index (χ3n) is 9.31. The van der Waals surface area contributed by atoms with Gasteiger partial charge in [0.05, 0.1) is 19.0 Å². The van der Waals surface area contributed by atoms with Gasteiger partial charge in [0.1, 0.15) is 54.7 Å². The molecule has 4 N–H and O–H groups in total. The van der Waals surface area contributed by atoms with Crippen molar-refractivity contribution in [3.05, 3.63) is 145 Å². The summed E-state index contributed by atoms with van der Waals surface area (Å²) in [6.07, 6.45) is -0.540. The Hall–Kier alpha value is -5.97. The summed E-state index contributed by atoms with van der Waals surface area (Å²) in [5.74, 6) is -0.935. The van der Waals surface area contributed by atoms with Gasteiger partial charge in [-0.05, 0) is 49.2 Å². The van der Waals surface area contributed by atoms with Crippen molar-refractivity contribution < 1.29 is 51.0 Å². The van der Waals surface area contributed by atoms with E-state index in [1.165, 1.54) is 31.1 Å². The van der Waals surface area contributed by atoms with Gasteiger partial charge in [0.2, 0.25) is 0 Å². The van der Waals surface area contributed by atoms with E-state index in [4.69, 9.17) is 38.0 Å². The number of carbonyl (C=O) groups is 2. The molecule has 3 heterocycles. The highest BCUT2D eigenvalue weighted by molar-refractivity contribution is 7.52. The van der Waals surface area contributed by atoms with Gasteiger partial charge in [0.15, 0.2) is 17.7 Å². The summed E-state index contributed by atoms with van der Waals surface area (Å²) < 4.78 is 72.5. The summed E-state index contributed by atoms with van der Waals surface area (Å²) in [5, 5.41) is 5.42. The minimum atomic E-state index is -4.49. The molecule has 7 atom stereocenters. The maximum Gasteiger partial charge on any atom is 0.459 e. The van der Waals surface area contributed by atoms with E-state index in [-0.39, 0.29) is 54.7 Å². The molecule has 18 nitrogen and oxygen atoms in total. The smallest absolute Gasteiger partial charge is 0.459 e. The van der Waals surface area contributed by atoms with Crippen LogP contribution < -0.4 is 25.0 Å². The second-order valence-corrected chi connectivity index (χ2v) is 17.4. The third-order valence-corrected chi connectivity index (χ3v) is 12.7. The predicted molar refractivity (Wildman–Crippen MR) is 226 cm³/mol. The Bertz CT molecular complexity index is 2510. The van der Waals surface area contributed by atoms with Crippen molar-refractivity contribution >= 4 is 44.4 Å². The molecule has 324 valence electrons. The second-order valence-electron chi connectivity index (χ2n) is 14.1. The van der Waals surface area contributed by atoms with Gasteiger partial charge < -0.3 is 29.0 Å². The van der Waals surface area contributed by atoms with Crippen LogP contribution in [0.5, 0.6) is 11.5 Å². The number of ether oxygens (including phenoxy) is 3. The first kappa shape index (κ1) is 44.1. The Morgan fingerprint density at radius 3 is 1.79 bits per heavy atom. The molecule has 1 aliphatic heterocycles. The van der Waals surface area contributed by atoms with E-state index in [9.17, 15) is 18.7 Å². The Morgan fingerprint density at radius 2 is 1.24 bits per heavy atom. The zero-order chi connectivity index (χ0) is 43.5. The normalized spacial score (nSPS) is 19.1. The van der Waals surface area contributed by atoms with Crippen LogP contribution in [0.2, 0.25) is 0 Å². The highest BCUT2D eigenvalue weighted by Gasteiger charge is 2.46. The standard InChI is InChI=1S/C42H45N7O11P2/c1-29(41(50)54-24-31-15-7-3-8-16-31)47-61(52,58-33-19-11-5-12-20-33)56-26-35-23-36(40(57-35)49-28-46-37-38(43)44-27-45-39(37)49)60-62(53,59-34-21-13-6-14-22-34)48-30(2)42(51)55-25-32-17-9-4-10-18-32/h3-22,27-30,35-36,40H,23-26H2,1-2H3,(H,47,52)(H,48,53)(H2,43,44,45)/t29-,30-,35-,36-,40+,61?,62?/m0/s1. The molecule has 7 rings (SSSR count). The number of para-hydroxylation sites is 2. The molecule has 1 fully saturated rings. The molecule has 20 heteroatoms. The number of hydrogen-bond acceptors (Lipinski definition) is 15. The number of imidazole rings is 1. The first-order valence-corrected chi connectivity index (χ1v) is 22.6. The summed E-state index contributed by atoms with van der Waals surface area (Å²) in [6.45, 7) is 2.53. The number of benzene rings is 4. The van der Waals surface area contributed by atoms with Crippen molar-refractivity contribution in [1.29, 1.82) is 0 Å². The molecule has 4 aromatic carbocycles. The number of nitrogen functional groups attached to an aromatic ring is 1. The van der Waals surface area contributed by atoms with E-state index < -0.39 is 58.0 Å². The molecule has 1 aliphatic rings. The Labute approximate surface area is 357 Å². The molecule has 0 radical (unpaired) electrons. The van der Waals surface area contributed by atoms with Crippen molar-refractivity contribution in [3.8, 4) is 11.5 Å². The molecule has 0 spiro atoms. The fourth-order valence-corrected chi connectivity index (χ4v) is 9.48. The zero-order valence-electron chi connectivity index (χ0n) is 33.7. The van der Waals surface area contributed by atoms with E-state index >= 15 is 0 Å². The highest BCUT2D eigenvalue weighted by Crippen LogP contribution is 2.51. The number of carbonyl (C=O) groups excluding carboxylic acids is 2. The van der Waals surface area contributed by atoms with Gasteiger partial charge in [-0.1, -0.05) is 97.1 Å². The number of aromatic nitrogens is 4. The summed E-state index contributed by atoms with van der Waals surface area (Å²) >= 11 is 0. The SMILES string of the molecule is C[C@H](NP(=O)(OC[C@@H]1C[C@H](OP(=O)(N[C@@H](C)C(=O)OCc2ccccc2)Oc2ccccc2)[C@H](n2cnc3c(N)ncnc32)O1)Oc1ccccc1)C(=O)OCc1ccccc1. The Morgan fingerprint density at radius 1 is 0.742 bits per heavy atom. The van der Waals surface area contributed by atoms with Crippen molar-refractivity contribution in [2.45, 2.75) is 64.0 Å². The van der Waals surface area contributed by atoms with E-state index in [1.54, 1.807) is 72.8 Å². The van der Waals surface area contributed by atoms with Crippen LogP contribution in [0.25, 0.3) is 11.2 Å². The number of esters is 2. The molecule has 6 aromatic rings. The van der Waals surface area contributed by atoms with Crippen LogP contribution in [0.15, 0.2) is 134 Å². The van der Waals surface area contributed by atoms with Crippen molar-refractivity contribution in [1.82, 2.24) is 29.7 Å². The Kier molecular flexibility index (Phi) is 14.4. The molecule has 0 saturated carbocycles. The number of anilines is 1. The Balaban J connectivity index is 1.12. The van der Waals surface area contributed by atoms with Crippen molar-refractivity contribution in [3.63, 3.8) is 0 Å². The fourth-order valence-electron chi connectivity index (χ4n) is 6.27. The van der Waals surface area contributed by atoms with E-state index in [2.05, 4.69) is 25.1 Å². The maximum absolute atomic E-state index is 14.9. The monoisotopic (exact) mass is 885 g/mol. The first-order chi connectivity index (χ1) is 30.0. The lowest BCUT2D eigenvalue weighted by atomic mass is 10.2. The minimum absolute atomic E-state index is 0.00502. The van der Waals surface area contributed by atoms with Crippen LogP contribution in [-0.4, -0.2) is 62.4 Å². The van der Waals surface area contributed by atoms with E-state index in [1.807, 2.05) is 48.5 Å². The van der Waals surface area contributed by atoms with Gasteiger partial charge >= 0.3 is 27.4 Å². The van der Waals surface area contributed by atoms with Crippen molar-refractivity contribution in [2.24, 2.45) is 0 Å². The summed E-state index contributed by atoms with van der Waals surface area (Å²) in [6, 6.07) is 32.4. The second kappa shape index (κ2) is 20.3. The van der Waals surface area contributed by atoms with Crippen molar-refractivity contribution in [2.75, 3.05) is 12.3 Å². The molecule has 2 unspecified atom stereocenters. The van der Waals surface area contributed by atoms with Gasteiger partial charge in [-0.2, -0.15) is 10.2 Å². The number of fused-ring (bicyclic) bond motifs is 1. The number of nitrogens with two attached hydrogens (primary N) is 1. The van der Waals surface area contributed by atoms with Gasteiger partial charge in [-0.15, -0.1) is 0 Å². The summed E-state index contributed by atoms with van der Waals surface area (Å²) in [5.41, 5.74) is 8.17. The van der Waals surface area contributed by atoms with E-state index in [0.29, 0.717) is 0 Å². The molecule has 0 amide bonds. The molecule has 0 aliphatic carbocycles. The maximum atomic E-state index is 14.9. The van der Waals surface area contributed by atoms with Crippen LogP contribution in [0.1, 0.15) is 37.6 Å². The van der Waals surface area contributed by atoms with Crippen LogP contribution in [0, 0.1) is 0 Å². The number of nitrogens with one attached hydrogen (secondary N) is 2. The van der Waals surface area contributed by atoms with Crippen LogP contribution in [0.3, 0.4) is 0 Å². The average Bonchev–Trinajstić information content (AvgIpc) is 3.89. The van der Waals surface area contributed by atoms with Gasteiger partial charge in [0.25, 0.3) is 0 Å². The lowest BCUT2D eigenvalue weighted by molar-refractivity contribution is -0.147. The molecule has 0 bridgehead atoms. The third kappa shape index (κ3) is 11.7. The topological polar surface area (TPSA) is 227 Å². The zero-order valence-corrected chi connectivity index (χ0v) is 35.5. The molecular weight excluding hydrogens is 840 g/mol. The number of hydrogen-bond donors (Lipinski definition) is 3. The van der Waals surface area contributed by atoms with Gasteiger partial charge in [-0.3, -0.25) is 23.2 Å². The van der Waals surface area contributed by atoms with Crippen LogP contribution in [0.4, 0.5) is 5.82 Å². The van der Waals surface area contributed by atoms with Gasteiger partial charge in [0, 0.05) is 6.42 Å². The predicted octanol–water partition coefficient (Wildman–Crippen LogP) is 6.92. The van der Waals surface area contributed by atoms with Crippen LogP contribution >= 0.6 is 15.5 Å². The molecule has 1 saturated heterocycles.